The van der Waals surface area contributed by atoms with Crippen molar-refractivity contribution in [1.29, 1.82) is 0 Å². The number of imide groups is 1. The Morgan fingerprint density at radius 2 is 1.83 bits per heavy atom. The molecule has 1 heterocycles. The van der Waals surface area contributed by atoms with Crippen LogP contribution in [-0.2, 0) is 16.0 Å². The summed E-state index contributed by atoms with van der Waals surface area (Å²) in [5.41, 5.74) is 0.313. The quantitative estimate of drug-likeness (QED) is 0.675. The lowest BCUT2D eigenvalue weighted by atomic mass is 9.81. The van der Waals surface area contributed by atoms with Gasteiger partial charge < -0.3 is 19.5 Å². The SMILES string of the molecule is CC(=O)CCc1ccc(OC[C@H](O)CN2C(=O)N(C)C3(CCCCC3)C2=O)cc1. The Kier molecular flexibility index (Phi) is 6.57. The number of β-amino-alcohol motifs (C(OH)–C–C–N with tert-alkyl or cyclic N) is 1. The van der Waals surface area contributed by atoms with E-state index in [1.54, 1.807) is 31.0 Å². The van der Waals surface area contributed by atoms with Gasteiger partial charge >= 0.3 is 6.03 Å². The normalized spacial score (nSPS) is 19.7. The molecule has 1 aliphatic heterocycles. The number of hydrogen-bond acceptors (Lipinski definition) is 5. The molecule has 29 heavy (non-hydrogen) atoms. The second kappa shape index (κ2) is 8.95. The van der Waals surface area contributed by atoms with Crippen LogP contribution in [0.2, 0.25) is 0 Å². The maximum atomic E-state index is 12.9. The molecular weight excluding hydrogens is 372 g/mol. The van der Waals surface area contributed by atoms with Crippen molar-refractivity contribution >= 4 is 17.7 Å². The summed E-state index contributed by atoms with van der Waals surface area (Å²) < 4.78 is 5.61. The number of benzene rings is 1. The molecule has 1 N–H and O–H groups in total. The number of carbonyl (C=O) groups excluding carboxylic acids is 3. The summed E-state index contributed by atoms with van der Waals surface area (Å²) in [6, 6.07) is 7.02. The van der Waals surface area contributed by atoms with Crippen LogP contribution >= 0.6 is 0 Å². The minimum absolute atomic E-state index is 0.0133. The molecule has 0 aromatic heterocycles. The minimum atomic E-state index is -0.965. The number of likely N-dealkylation sites (N-methyl/N-ethyl adjacent to an activating group) is 1. The predicted octanol–water partition coefficient (Wildman–Crippen LogP) is 2.54. The summed E-state index contributed by atoms with van der Waals surface area (Å²) in [4.78, 5) is 39.3. The number of amides is 3. The van der Waals surface area contributed by atoms with Gasteiger partial charge in [0, 0.05) is 13.5 Å². The first-order valence-corrected chi connectivity index (χ1v) is 10.3. The molecule has 3 amide bonds. The number of rotatable bonds is 8. The van der Waals surface area contributed by atoms with Gasteiger partial charge in [-0.2, -0.15) is 0 Å². The first-order chi connectivity index (χ1) is 13.8. The van der Waals surface area contributed by atoms with E-state index in [-0.39, 0.29) is 30.9 Å². The van der Waals surface area contributed by atoms with Gasteiger partial charge in [0.2, 0.25) is 0 Å². The van der Waals surface area contributed by atoms with Crippen molar-refractivity contribution in [2.45, 2.75) is 63.5 Å². The van der Waals surface area contributed by atoms with Gasteiger partial charge in [-0.3, -0.25) is 9.69 Å². The highest BCUT2D eigenvalue weighted by molar-refractivity contribution is 6.07. The van der Waals surface area contributed by atoms with E-state index in [0.717, 1.165) is 24.8 Å². The predicted molar refractivity (Wildman–Crippen MR) is 108 cm³/mol. The van der Waals surface area contributed by atoms with Gasteiger partial charge in [0.25, 0.3) is 5.91 Å². The summed E-state index contributed by atoms with van der Waals surface area (Å²) in [5.74, 6) is 0.550. The number of hydrogen-bond donors (Lipinski definition) is 1. The minimum Gasteiger partial charge on any atom is -0.491 e. The summed E-state index contributed by atoms with van der Waals surface area (Å²) in [5, 5.41) is 10.4. The maximum absolute atomic E-state index is 12.9. The lowest BCUT2D eigenvalue weighted by molar-refractivity contribution is -0.135. The van der Waals surface area contributed by atoms with Crippen LogP contribution in [0.1, 0.15) is 51.0 Å². The van der Waals surface area contributed by atoms with Crippen LogP contribution in [0.3, 0.4) is 0 Å². The van der Waals surface area contributed by atoms with Crippen molar-refractivity contribution in [3.63, 3.8) is 0 Å². The highest BCUT2D eigenvalue weighted by atomic mass is 16.5. The van der Waals surface area contributed by atoms with Gasteiger partial charge in [0.15, 0.2) is 0 Å². The molecule has 158 valence electrons. The van der Waals surface area contributed by atoms with Crippen molar-refractivity contribution < 1.29 is 24.2 Å². The Balaban J connectivity index is 1.53. The van der Waals surface area contributed by atoms with E-state index in [9.17, 15) is 19.5 Å². The van der Waals surface area contributed by atoms with E-state index in [1.807, 2.05) is 12.1 Å². The monoisotopic (exact) mass is 402 g/mol. The van der Waals surface area contributed by atoms with E-state index in [4.69, 9.17) is 4.74 Å². The summed E-state index contributed by atoms with van der Waals surface area (Å²) in [6.45, 7) is 1.49. The standard InChI is InChI=1S/C22H30N2O5/c1-16(25)6-7-17-8-10-19(11-9-17)29-15-18(26)14-24-20(27)22(23(2)21(24)28)12-4-3-5-13-22/h8-11,18,26H,3-7,12-15H2,1-2H3/t18-/m1/s1. The van der Waals surface area contributed by atoms with E-state index in [0.29, 0.717) is 31.4 Å². The number of carbonyl (C=O) groups is 3. The highest BCUT2D eigenvalue weighted by Gasteiger charge is 2.55. The Morgan fingerprint density at radius 3 is 2.45 bits per heavy atom. The van der Waals surface area contributed by atoms with Crippen LogP contribution in [0.25, 0.3) is 0 Å². The van der Waals surface area contributed by atoms with E-state index in [1.165, 1.54) is 4.90 Å². The van der Waals surface area contributed by atoms with Crippen molar-refractivity contribution in [3.05, 3.63) is 29.8 Å². The highest BCUT2D eigenvalue weighted by Crippen LogP contribution is 2.39. The zero-order chi connectivity index (χ0) is 21.0. The lowest BCUT2D eigenvalue weighted by Crippen LogP contribution is -2.49. The van der Waals surface area contributed by atoms with Crippen LogP contribution in [0.5, 0.6) is 5.75 Å². The van der Waals surface area contributed by atoms with Gasteiger partial charge in [-0.05, 0) is 43.9 Å². The third kappa shape index (κ3) is 4.61. The van der Waals surface area contributed by atoms with Crippen molar-refractivity contribution in [3.8, 4) is 5.75 Å². The number of urea groups is 1. The van der Waals surface area contributed by atoms with Crippen LogP contribution < -0.4 is 4.74 Å². The Labute approximate surface area is 171 Å². The molecule has 3 rings (SSSR count). The third-order valence-corrected chi connectivity index (χ3v) is 6.01. The van der Waals surface area contributed by atoms with Gasteiger partial charge in [-0.25, -0.2) is 4.79 Å². The Morgan fingerprint density at radius 1 is 1.17 bits per heavy atom. The number of ether oxygens (including phenoxy) is 1. The fourth-order valence-corrected chi connectivity index (χ4v) is 4.22. The molecule has 7 heteroatoms. The van der Waals surface area contributed by atoms with Gasteiger partial charge in [-0.1, -0.05) is 31.4 Å². The molecule has 1 atom stereocenters. The molecule has 1 saturated carbocycles. The fraction of sp³-hybridized carbons (Fsp3) is 0.591. The smallest absolute Gasteiger partial charge is 0.327 e. The molecule has 0 radical (unpaired) electrons. The van der Waals surface area contributed by atoms with Crippen molar-refractivity contribution in [2.24, 2.45) is 0 Å². The molecule has 2 aliphatic rings. The largest absolute Gasteiger partial charge is 0.491 e. The molecule has 1 aromatic carbocycles. The van der Waals surface area contributed by atoms with Crippen molar-refractivity contribution in [1.82, 2.24) is 9.80 Å². The van der Waals surface area contributed by atoms with Gasteiger partial charge in [-0.15, -0.1) is 0 Å². The molecule has 1 aliphatic carbocycles. The number of ketones is 1. The topological polar surface area (TPSA) is 87.2 Å². The second-order valence-electron chi connectivity index (χ2n) is 8.16. The van der Waals surface area contributed by atoms with E-state index < -0.39 is 11.6 Å². The number of Topliss-reactive ketones (excluding diaryl/α,β-unsaturated/α-hetero) is 1. The Hall–Kier alpha value is -2.41. The lowest BCUT2D eigenvalue weighted by Gasteiger charge is -2.35. The van der Waals surface area contributed by atoms with Crippen LogP contribution in [0, 0.1) is 0 Å². The molecule has 0 bridgehead atoms. The molecule has 0 unspecified atom stereocenters. The third-order valence-electron chi connectivity index (χ3n) is 6.01. The molecule has 1 saturated heterocycles. The van der Waals surface area contributed by atoms with E-state index >= 15 is 0 Å². The number of aliphatic hydroxyl groups is 1. The van der Waals surface area contributed by atoms with E-state index in [2.05, 4.69) is 0 Å². The molecule has 1 aromatic rings. The van der Waals surface area contributed by atoms with Crippen LogP contribution in [0.4, 0.5) is 4.79 Å². The molecular formula is C22H30N2O5. The average molecular weight is 402 g/mol. The number of nitrogens with zero attached hydrogens (tertiary/aromatic N) is 2. The summed E-state index contributed by atoms with van der Waals surface area (Å²) in [6.07, 6.45) is 4.56. The zero-order valence-corrected chi connectivity index (χ0v) is 17.2. The molecule has 7 nitrogen and oxygen atoms in total. The van der Waals surface area contributed by atoms with Crippen molar-refractivity contribution in [2.75, 3.05) is 20.2 Å². The maximum Gasteiger partial charge on any atom is 0.327 e. The van der Waals surface area contributed by atoms with Crippen LogP contribution in [0.15, 0.2) is 24.3 Å². The average Bonchev–Trinajstić information content (AvgIpc) is 2.88. The zero-order valence-electron chi connectivity index (χ0n) is 17.2. The fourth-order valence-electron chi connectivity index (χ4n) is 4.22. The number of aryl methyl sites for hydroxylation is 1. The first-order valence-electron chi connectivity index (χ1n) is 10.3. The molecule has 1 spiro atoms. The molecule has 2 fully saturated rings. The van der Waals surface area contributed by atoms with Crippen LogP contribution in [-0.4, -0.2) is 64.5 Å². The summed E-state index contributed by atoms with van der Waals surface area (Å²) in [7, 11) is 1.68. The summed E-state index contributed by atoms with van der Waals surface area (Å²) >= 11 is 0. The van der Waals surface area contributed by atoms with Gasteiger partial charge in [0.1, 0.15) is 29.8 Å². The Bertz CT molecular complexity index is 755. The van der Waals surface area contributed by atoms with Gasteiger partial charge in [0.05, 0.1) is 6.54 Å². The first kappa shape index (κ1) is 21.3. The second-order valence-corrected chi connectivity index (χ2v) is 8.16. The number of aliphatic hydroxyl groups excluding tert-OH is 1.